The van der Waals surface area contributed by atoms with Gasteiger partial charge in [0.25, 0.3) is 11.8 Å². The van der Waals surface area contributed by atoms with Crippen molar-refractivity contribution < 1.29 is 14.8 Å². The Morgan fingerprint density at radius 1 is 1.04 bits per heavy atom. The van der Waals surface area contributed by atoms with Crippen LogP contribution in [0.5, 0.6) is 0 Å². The number of carbonyl (C=O) groups excluding carboxylic acids is 2. The molecular formula is C22H20N2O3S. The van der Waals surface area contributed by atoms with Gasteiger partial charge in [-0.1, -0.05) is 42.5 Å². The predicted molar refractivity (Wildman–Crippen MR) is 109 cm³/mol. The molecule has 0 fully saturated rings. The molecule has 1 aliphatic rings. The molecule has 142 valence electrons. The van der Waals surface area contributed by atoms with Gasteiger partial charge in [-0.15, -0.1) is 11.3 Å². The summed E-state index contributed by atoms with van der Waals surface area (Å²) in [7, 11) is 0. The molecule has 0 spiro atoms. The van der Waals surface area contributed by atoms with E-state index in [4.69, 9.17) is 5.21 Å². The summed E-state index contributed by atoms with van der Waals surface area (Å²) < 4.78 is 0. The number of amides is 2. The Labute approximate surface area is 167 Å². The molecule has 0 bridgehead atoms. The van der Waals surface area contributed by atoms with E-state index in [0.717, 1.165) is 27.1 Å². The molecule has 0 unspecified atom stereocenters. The summed E-state index contributed by atoms with van der Waals surface area (Å²) in [5.74, 6) is -0.504. The average molecular weight is 392 g/mol. The topological polar surface area (TPSA) is 69.6 Å². The molecule has 5 nitrogen and oxygen atoms in total. The molecule has 0 aliphatic carbocycles. The molecule has 2 amide bonds. The van der Waals surface area contributed by atoms with E-state index in [1.54, 1.807) is 5.48 Å². The molecule has 4 rings (SSSR count). The Morgan fingerprint density at radius 2 is 1.71 bits per heavy atom. The number of hydrogen-bond acceptors (Lipinski definition) is 4. The van der Waals surface area contributed by atoms with Crippen LogP contribution in [0.4, 0.5) is 0 Å². The van der Waals surface area contributed by atoms with Crippen LogP contribution in [-0.2, 0) is 13.0 Å². The van der Waals surface area contributed by atoms with E-state index in [0.29, 0.717) is 30.0 Å². The average Bonchev–Trinajstić information content (AvgIpc) is 3.09. The van der Waals surface area contributed by atoms with Crippen LogP contribution in [0, 0.1) is 6.92 Å². The molecule has 0 atom stereocenters. The highest BCUT2D eigenvalue weighted by atomic mass is 32.1. The normalized spacial score (nSPS) is 13.1. The summed E-state index contributed by atoms with van der Waals surface area (Å²) in [6.45, 7) is 2.96. The summed E-state index contributed by atoms with van der Waals surface area (Å²) in [6, 6.07) is 17.7. The fraction of sp³-hybridized carbons (Fsp3) is 0.182. The van der Waals surface area contributed by atoms with Gasteiger partial charge in [0.05, 0.1) is 4.88 Å². The van der Waals surface area contributed by atoms with Crippen molar-refractivity contribution in [3.63, 3.8) is 0 Å². The van der Waals surface area contributed by atoms with Crippen molar-refractivity contribution in [3.05, 3.63) is 81.0 Å². The zero-order chi connectivity index (χ0) is 19.7. The Balaban J connectivity index is 1.54. The van der Waals surface area contributed by atoms with Crippen LogP contribution in [0.3, 0.4) is 0 Å². The lowest BCUT2D eigenvalue weighted by Crippen LogP contribution is -2.35. The van der Waals surface area contributed by atoms with Gasteiger partial charge in [0, 0.05) is 23.5 Å². The van der Waals surface area contributed by atoms with Gasteiger partial charge >= 0.3 is 0 Å². The third-order valence-electron chi connectivity index (χ3n) is 5.15. The number of benzene rings is 2. The minimum atomic E-state index is -0.494. The summed E-state index contributed by atoms with van der Waals surface area (Å²) in [4.78, 5) is 28.2. The van der Waals surface area contributed by atoms with Crippen molar-refractivity contribution in [2.75, 3.05) is 6.54 Å². The van der Waals surface area contributed by atoms with Crippen molar-refractivity contribution >= 4 is 23.2 Å². The van der Waals surface area contributed by atoms with E-state index in [-0.39, 0.29) is 5.91 Å². The monoisotopic (exact) mass is 392 g/mol. The van der Waals surface area contributed by atoms with E-state index in [1.807, 2.05) is 66.4 Å². The maximum Gasteiger partial charge on any atom is 0.284 e. The fourth-order valence-corrected chi connectivity index (χ4v) is 4.78. The molecular weight excluding hydrogens is 372 g/mol. The molecule has 0 saturated carbocycles. The minimum absolute atomic E-state index is 0.0102. The highest BCUT2D eigenvalue weighted by Gasteiger charge is 2.27. The molecule has 0 saturated heterocycles. The number of hydrogen-bond donors (Lipinski definition) is 2. The molecule has 28 heavy (non-hydrogen) atoms. The lowest BCUT2D eigenvalue weighted by Gasteiger charge is -2.27. The lowest BCUT2D eigenvalue weighted by molar-refractivity contribution is 0.0710. The third kappa shape index (κ3) is 3.32. The van der Waals surface area contributed by atoms with Crippen molar-refractivity contribution in [2.45, 2.75) is 19.9 Å². The summed E-state index contributed by atoms with van der Waals surface area (Å²) in [5.41, 5.74) is 6.41. The second kappa shape index (κ2) is 7.58. The quantitative estimate of drug-likeness (QED) is 0.522. The summed E-state index contributed by atoms with van der Waals surface area (Å²) in [5, 5.41) is 8.91. The number of hydroxylamine groups is 1. The lowest BCUT2D eigenvalue weighted by atomic mass is 10.0. The SMILES string of the molecule is Cc1c(C(=O)NO)sc2c1CN(C(=O)c1ccc(-c3ccccc3)cc1)CC2. The molecule has 3 aromatic rings. The molecule has 2 heterocycles. The standard InChI is InChI=1S/C22H20N2O3S/c1-14-18-13-24(12-11-19(18)28-20(14)21(25)23-27)22(26)17-9-7-16(8-10-17)15-5-3-2-4-6-15/h2-10,27H,11-13H2,1H3,(H,23,25). The highest BCUT2D eigenvalue weighted by Crippen LogP contribution is 2.33. The molecule has 6 heteroatoms. The largest absolute Gasteiger partial charge is 0.334 e. The van der Waals surface area contributed by atoms with Gasteiger partial charge in [-0.25, -0.2) is 5.48 Å². The smallest absolute Gasteiger partial charge is 0.284 e. The molecule has 1 aromatic heterocycles. The Hall–Kier alpha value is -2.96. The third-order valence-corrected chi connectivity index (χ3v) is 6.54. The Morgan fingerprint density at radius 3 is 2.39 bits per heavy atom. The first-order chi connectivity index (χ1) is 13.6. The maximum atomic E-state index is 13.0. The zero-order valence-electron chi connectivity index (χ0n) is 15.4. The number of nitrogens with one attached hydrogen (secondary N) is 1. The van der Waals surface area contributed by atoms with E-state index in [1.165, 1.54) is 11.3 Å². The van der Waals surface area contributed by atoms with Crippen molar-refractivity contribution in [1.29, 1.82) is 0 Å². The zero-order valence-corrected chi connectivity index (χ0v) is 16.3. The molecule has 0 radical (unpaired) electrons. The number of carbonyl (C=O) groups is 2. The fourth-order valence-electron chi connectivity index (χ4n) is 3.58. The van der Waals surface area contributed by atoms with Crippen LogP contribution in [0.25, 0.3) is 11.1 Å². The number of thiophene rings is 1. The van der Waals surface area contributed by atoms with E-state index < -0.39 is 5.91 Å². The van der Waals surface area contributed by atoms with E-state index >= 15 is 0 Å². The van der Waals surface area contributed by atoms with Gasteiger partial charge in [0.2, 0.25) is 0 Å². The molecule has 1 aliphatic heterocycles. The molecule has 2 aromatic carbocycles. The minimum Gasteiger partial charge on any atom is -0.334 e. The molecule has 2 N–H and O–H groups in total. The summed E-state index contributed by atoms with van der Waals surface area (Å²) >= 11 is 1.39. The first-order valence-electron chi connectivity index (χ1n) is 9.09. The van der Waals surface area contributed by atoms with Gasteiger partial charge < -0.3 is 4.90 Å². The summed E-state index contributed by atoms with van der Waals surface area (Å²) in [6.07, 6.45) is 0.716. The van der Waals surface area contributed by atoms with Crippen molar-refractivity contribution in [3.8, 4) is 11.1 Å². The van der Waals surface area contributed by atoms with Crippen LogP contribution < -0.4 is 5.48 Å². The van der Waals surface area contributed by atoms with Gasteiger partial charge in [0.1, 0.15) is 0 Å². The van der Waals surface area contributed by atoms with Crippen LogP contribution in [0.2, 0.25) is 0 Å². The van der Waals surface area contributed by atoms with Crippen molar-refractivity contribution in [2.24, 2.45) is 0 Å². The van der Waals surface area contributed by atoms with Gasteiger partial charge in [-0.05, 0) is 47.7 Å². The highest BCUT2D eigenvalue weighted by molar-refractivity contribution is 7.14. The number of fused-ring (bicyclic) bond motifs is 1. The second-order valence-electron chi connectivity index (χ2n) is 6.82. The number of nitrogens with zero attached hydrogens (tertiary/aromatic N) is 1. The van der Waals surface area contributed by atoms with Crippen LogP contribution >= 0.6 is 11.3 Å². The number of rotatable bonds is 3. The van der Waals surface area contributed by atoms with E-state index in [2.05, 4.69) is 0 Å². The predicted octanol–water partition coefficient (Wildman–Crippen LogP) is 4.04. The van der Waals surface area contributed by atoms with Gasteiger partial charge in [-0.2, -0.15) is 0 Å². The van der Waals surface area contributed by atoms with Gasteiger partial charge in [-0.3, -0.25) is 14.8 Å². The van der Waals surface area contributed by atoms with Gasteiger partial charge in [0.15, 0.2) is 0 Å². The van der Waals surface area contributed by atoms with Crippen molar-refractivity contribution in [1.82, 2.24) is 10.4 Å². The maximum absolute atomic E-state index is 13.0. The van der Waals surface area contributed by atoms with Crippen LogP contribution in [0.1, 0.15) is 36.0 Å². The Bertz CT molecular complexity index is 1030. The van der Waals surface area contributed by atoms with Crippen LogP contribution in [-0.4, -0.2) is 28.5 Å². The first kappa shape index (κ1) is 18.4. The van der Waals surface area contributed by atoms with Crippen LogP contribution in [0.15, 0.2) is 54.6 Å². The second-order valence-corrected chi connectivity index (χ2v) is 7.92. The Kier molecular flexibility index (Phi) is 4.98. The van der Waals surface area contributed by atoms with E-state index in [9.17, 15) is 9.59 Å². The first-order valence-corrected chi connectivity index (χ1v) is 9.90.